The number of aliphatic hydroxyl groups excluding tert-OH is 1. The van der Waals surface area contributed by atoms with E-state index in [0.29, 0.717) is 13.0 Å². The lowest BCUT2D eigenvalue weighted by molar-refractivity contribution is -0.0308. The fourth-order valence-electron chi connectivity index (χ4n) is 3.71. The molecule has 138 valence electrons. The molecular formula is C18H23FN6O. The van der Waals surface area contributed by atoms with Gasteiger partial charge in [-0.25, -0.2) is 9.37 Å². The summed E-state index contributed by atoms with van der Waals surface area (Å²) >= 11 is 0. The van der Waals surface area contributed by atoms with Gasteiger partial charge in [-0.05, 0) is 19.4 Å². The number of hydrogen-bond acceptors (Lipinski definition) is 5. The lowest BCUT2D eigenvalue weighted by Crippen LogP contribution is -2.46. The molecule has 3 atom stereocenters. The Morgan fingerprint density at radius 2 is 2.27 bits per heavy atom. The first-order valence-electron chi connectivity index (χ1n) is 8.83. The van der Waals surface area contributed by atoms with Crippen LogP contribution in [0.3, 0.4) is 0 Å². The summed E-state index contributed by atoms with van der Waals surface area (Å²) in [5.41, 5.74) is 3.62. The van der Waals surface area contributed by atoms with Crippen LogP contribution in [0, 0.1) is 0 Å². The zero-order valence-electron chi connectivity index (χ0n) is 14.9. The first-order chi connectivity index (χ1) is 12.6. The van der Waals surface area contributed by atoms with Gasteiger partial charge in [-0.3, -0.25) is 9.58 Å². The third kappa shape index (κ3) is 2.85. The number of anilines is 1. The third-order valence-corrected chi connectivity index (χ3v) is 5.16. The summed E-state index contributed by atoms with van der Waals surface area (Å²) in [6.07, 6.45) is 6.21. The minimum absolute atomic E-state index is 0.218. The smallest absolute Gasteiger partial charge is 0.139 e. The van der Waals surface area contributed by atoms with Gasteiger partial charge in [-0.1, -0.05) is 0 Å². The maximum absolute atomic E-state index is 14.6. The Kier molecular flexibility index (Phi) is 4.37. The van der Waals surface area contributed by atoms with E-state index in [-0.39, 0.29) is 12.6 Å². The molecule has 1 aliphatic rings. The Balaban J connectivity index is 1.63. The molecule has 0 radical (unpaired) electrons. The molecule has 3 N–H and O–H groups in total. The Hall–Kier alpha value is -2.45. The fraction of sp³-hybridized carbons (Fsp3) is 0.444. The summed E-state index contributed by atoms with van der Waals surface area (Å²) < 4.78 is 16.3. The van der Waals surface area contributed by atoms with Crippen molar-refractivity contribution >= 4 is 16.7 Å². The highest BCUT2D eigenvalue weighted by Crippen LogP contribution is 2.34. The predicted molar refractivity (Wildman–Crippen MR) is 98.7 cm³/mol. The van der Waals surface area contributed by atoms with Crippen LogP contribution in [0.15, 0.2) is 30.9 Å². The van der Waals surface area contributed by atoms with Gasteiger partial charge in [0.05, 0.1) is 17.9 Å². The van der Waals surface area contributed by atoms with Crippen LogP contribution in [0.4, 0.5) is 10.1 Å². The molecule has 1 aliphatic heterocycles. The van der Waals surface area contributed by atoms with Gasteiger partial charge in [-0.2, -0.15) is 5.10 Å². The summed E-state index contributed by atoms with van der Waals surface area (Å²) in [6.45, 7) is 2.54. The molecule has 7 nitrogen and oxygen atoms in total. The zero-order chi connectivity index (χ0) is 18.3. The van der Waals surface area contributed by atoms with Crippen molar-refractivity contribution in [2.45, 2.75) is 31.8 Å². The van der Waals surface area contributed by atoms with Crippen LogP contribution in [0.5, 0.6) is 0 Å². The minimum Gasteiger partial charge on any atom is -0.387 e. The fourth-order valence-corrected chi connectivity index (χ4v) is 3.71. The van der Waals surface area contributed by atoms with Crippen LogP contribution in [0.25, 0.3) is 22.2 Å². The second-order valence-corrected chi connectivity index (χ2v) is 6.74. The average molecular weight is 358 g/mol. The van der Waals surface area contributed by atoms with E-state index in [0.717, 1.165) is 27.8 Å². The SMILES string of the molecule is CNc1c(-c2cnn([C@H]3CCN(C(C)O)C[C@@H]3F)c2)cnc2[nH]ccc12. The average Bonchev–Trinajstić information content (AvgIpc) is 3.29. The zero-order valence-corrected chi connectivity index (χ0v) is 14.9. The van der Waals surface area contributed by atoms with E-state index in [1.807, 2.05) is 25.5 Å². The lowest BCUT2D eigenvalue weighted by atomic mass is 10.0. The molecule has 0 spiro atoms. The van der Waals surface area contributed by atoms with Gasteiger partial charge in [-0.15, -0.1) is 0 Å². The number of fused-ring (bicyclic) bond motifs is 1. The number of aromatic nitrogens is 4. The van der Waals surface area contributed by atoms with Crippen molar-refractivity contribution in [2.75, 3.05) is 25.5 Å². The van der Waals surface area contributed by atoms with Crippen molar-refractivity contribution in [3.05, 3.63) is 30.9 Å². The standard InChI is InChI=1S/C18H23FN6O/c1-11(26)24-6-4-16(15(19)10-24)25-9-12(7-23-25)14-8-22-18-13(3-5-21-18)17(14)20-2/h3,5,7-9,11,15-16,26H,4,6,10H2,1-2H3,(H2,20,21,22)/t11?,15-,16-/m0/s1. The molecule has 1 fully saturated rings. The van der Waals surface area contributed by atoms with E-state index >= 15 is 0 Å². The predicted octanol–water partition coefficient (Wildman–Crippen LogP) is 2.39. The molecule has 1 saturated heterocycles. The van der Waals surface area contributed by atoms with E-state index in [1.54, 1.807) is 28.9 Å². The number of aliphatic hydroxyl groups is 1. The molecule has 3 aromatic rings. The Morgan fingerprint density at radius 1 is 1.42 bits per heavy atom. The Morgan fingerprint density at radius 3 is 3.00 bits per heavy atom. The molecule has 4 heterocycles. The van der Waals surface area contributed by atoms with E-state index in [1.165, 1.54) is 0 Å². The molecule has 0 bridgehead atoms. The van der Waals surface area contributed by atoms with E-state index in [2.05, 4.69) is 20.4 Å². The monoisotopic (exact) mass is 358 g/mol. The minimum atomic E-state index is -1.07. The molecule has 0 aromatic carbocycles. The second-order valence-electron chi connectivity index (χ2n) is 6.74. The first kappa shape index (κ1) is 17.0. The number of alkyl halides is 1. The van der Waals surface area contributed by atoms with Gasteiger partial charge in [0, 0.05) is 55.2 Å². The van der Waals surface area contributed by atoms with Crippen molar-refractivity contribution in [1.82, 2.24) is 24.6 Å². The number of pyridine rings is 1. The molecule has 1 unspecified atom stereocenters. The van der Waals surface area contributed by atoms with Gasteiger partial charge >= 0.3 is 0 Å². The van der Waals surface area contributed by atoms with Crippen LogP contribution in [0.1, 0.15) is 19.4 Å². The number of nitrogens with zero attached hydrogens (tertiary/aromatic N) is 4. The Labute approximate surface area is 150 Å². The Bertz CT molecular complexity index is 904. The van der Waals surface area contributed by atoms with Crippen LogP contribution < -0.4 is 5.32 Å². The number of likely N-dealkylation sites (tertiary alicyclic amines) is 1. The first-order valence-corrected chi connectivity index (χ1v) is 8.83. The number of aromatic amines is 1. The molecule has 8 heteroatoms. The van der Waals surface area contributed by atoms with Crippen LogP contribution >= 0.6 is 0 Å². The van der Waals surface area contributed by atoms with Crippen molar-refractivity contribution in [1.29, 1.82) is 0 Å². The summed E-state index contributed by atoms with van der Waals surface area (Å²) in [7, 11) is 1.87. The molecule has 3 aromatic heterocycles. The molecule has 0 amide bonds. The summed E-state index contributed by atoms with van der Waals surface area (Å²) in [5.74, 6) is 0. The topological polar surface area (TPSA) is 82.0 Å². The van der Waals surface area contributed by atoms with E-state index in [4.69, 9.17) is 0 Å². The van der Waals surface area contributed by atoms with Crippen molar-refractivity contribution in [3.8, 4) is 11.1 Å². The number of rotatable bonds is 4. The second kappa shape index (κ2) is 6.69. The van der Waals surface area contributed by atoms with Gasteiger partial charge in [0.25, 0.3) is 0 Å². The van der Waals surface area contributed by atoms with E-state index in [9.17, 15) is 9.50 Å². The van der Waals surface area contributed by atoms with Crippen molar-refractivity contribution < 1.29 is 9.50 Å². The summed E-state index contributed by atoms with van der Waals surface area (Å²) in [6, 6.07) is 1.66. The van der Waals surface area contributed by atoms with Gasteiger partial charge in [0.1, 0.15) is 18.0 Å². The quantitative estimate of drug-likeness (QED) is 0.667. The number of nitrogens with one attached hydrogen (secondary N) is 2. The van der Waals surface area contributed by atoms with Crippen molar-refractivity contribution in [3.63, 3.8) is 0 Å². The van der Waals surface area contributed by atoms with Crippen LogP contribution in [-0.4, -0.2) is 62.3 Å². The van der Waals surface area contributed by atoms with Crippen molar-refractivity contribution in [2.24, 2.45) is 0 Å². The highest BCUT2D eigenvalue weighted by molar-refractivity contribution is 5.97. The van der Waals surface area contributed by atoms with Crippen LogP contribution in [0.2, 0.25) is 0 Å². The normalized spacial score (nSPS) is 22.6. The van der Waals surface area contributed by atoms with Gasteiger partial charge < -0.3 is 15.4 Å². The van der Waals surface area contributed by atoms with Gasteiger partial charge in [0.2, 0.25) is 0 Å². The molecular weight excluding hydrogens is 335 g/mol. The number of piperidine rings is 1. The largest absolute Gasteiger partial charge is 0.387 e. The summed E-state index contributed by atoms with van der Waals surface area (Å²) in [5, 5.41) is 18.3. The molecule has 26 heavy (non-hydrogen) atoms. The number of hydrogen-bond donors (Lipinski definition) is 3. The molecule has 0 aliphatic carbocycles. The molecule has 4 rings (SSSR count). The maximum atomic E-state index is 14.6. The number of H-pyrrole nitrogens is 1. The maximum Gasteiger partial charge on any atom is 0.139 e. The van der Waals surface area contributed by atoms with Crippen LogP contribution in [-0.2, 0) is 0 Å². The lowest BCUT2D eigenvalue weighted by Gasteiger charge is -2.36. The van der Waals surface area contributed by atoms with Gasteiger partial charge in [0.15, 0.2) is 0 Å². The highest BCUT2D eigenvalue weighted by atomic mass is 19.1. The highest BCUT2D eigenvalue weighted by Gasteiger charge is 2.32. The third-order valence-electron chi connectivity index (χ3n) is 5.16. The van der Waals surface area contributed by atoms with E-state index < -0.39 is 12.4 Å². The number of halogens is 1. The molecule has 0 saturated carbocycles. The summed E-state index contributed by atoms with van der Waals surface area (Å²) in [4.78, 5) is 9.30.